The molecule has 0 radical (unpaired) electrons. The molecule has 2 saturated heterocycles. The Bertz CT molecular complexity index is 1140. The molecule has 0 aromatic carbocycles. The third-order valence-electron chi connectivity index (χ3n) is 9.50. The van der Waals surface area contributed by atoms with Crippen LogP contribution in [-0.2, 0) is 0 Å². The van der Waals surface area contributed by atoms with E-state index in [1.54, 1.807) is 0 Å². The van der Waals surface area contributed by atoms with Crippen LogP contribution >= 0.6 is 0 Å². The van der Waals surface area contributed by atoms with Crippen LogP contribution in [-0.4, -0.2) is 98.0 Å². The second-order valence-electron chi connectivity index (χ2n) is 14.1. The molecule has 48 heavy (non-hydrogen) atoms. The van der Waals surface area contributed by atoms with Crippen molar-refractivity contribution in [3.8, 4) is 24.0 Å². The number of nitrogens with one attached hydrogen (secondary N) is 1. The second-order valence-corrected chi connectivity index (χ2v) is 14.1. The van der Waals surface area contributed by atoms with Gasteiger partial charge in [-0.3, -0.25) is 9.80 Å². The minimum absolute atomic E-state index is 0.0880. The highest BCUT2D eigenvalue weighted by Gasteiger charge is 2.54. The van der Waals surface area contributed by atoms with Crippen molar-refractivity contribution in [3.05, 3.63) is 0 Å². The normalized spacial score (nSPS) is 21.5. The molecular formula is C35H61N9O4. The Balaban J connectivity index is 1.91. The molecule has 0 spiro atoms. The lowest BCUT2D eigenvalue weighted by molar-refractivity contribution is -0.0809. The molecule has 4 heterocycles. The Hall–Kier alpha value is -3.06. The van der Waals surface area contributed by atoms with Crippen LogP contribution in [0.5, 0.6) is 24.0 Å². The van der Waals surface area contributed by atoms with Crippen molar-refractivity contribution in [2.75, 3.05) is 51.0 Å². The van der Waals surface area contributed by atoms with Gasteiger partial charge in [0.2, 0.25) is 11.9 Å². The van der Waals surface area contributed by atoms with Crippen LogP contribution in [0.1, 0.15) is 120 Å². The molecule has 3 unspecified atom stereocenters. The first-order chi connectivity index (χ1) is 23.1. The van der Waals surface area contributed by atoms with Crippen LogP contribution < -0.4 is 29.2 Å². The Morgan fingerprint density at radius 2 is 1.06 bits per heavy atom. The predicted molar refractivity (Wildman–Crippen MR) is 188 cm³/mol. The number of rotatable bonds is 19. The van der Waals surface area contributed by atoms with E-state index >= 15 is 0 Å². The van der Waals surface area contributed by atoms with Crippen LogP contribution in [0.2, 0.25) is 0 Å². The zero-order chi connectivity index (χ0) is 34.6. The fraction of sp³-hybridized carbons (Fsp3) is 0.829. The molecule has 0 amide bonds. The highest BCUT2D eigenvalue weighted by atomic mass is 16.5. The molecule has 2 aromatic heterocycles. The molecule has 2 fully saturated rings. The lowest BCUT2D eigenvalue weighted by Gasteiger charge is -2.61. The van der Waals surface area contributed by atoms with E-state index in [4.69, 9.17) is 38.9 Å². The van der Waals surface area contributed by atoms with Gasteiger partial charge in [-0.05, 0) is 78.7 Å². The van der Waals surface area contributed by atoms with Gasteiger partial charge in [0.25, 0.3) is 0 Å². The van der Waals surface area contributed by atoms with Crippen LogP contribution in [0.25, 0.3) is 0 Å². The zero-order valence-corrected chi connectivity index (χ0v) is 30.9. The molecule has 13 heteroatoms. The Morgan fingerprint density at radius 1 is 0.646 bits per heavy atom. The standard InChI is InChI=1S/C35H61N9O4/c1-9-13-21-45-30-37-28(38-31(41-30)46-22-14-10-2)44(27-25-34(5,6)43-20-19-36-18-17-26(27)35(43,7)8)29-39-32(47-23-15-11-3)42-33(40-29)48-24-16-12-4/h26-27,36H,9-25H2,1-8H3. The van der Waals surface area contributed by atoms with Crippen molar-refractivity contribution < 1.29 is 18.9 Å². The number of hydrogen-bond donors (Lipinski definition) is 1. The summed E-state index contributed by atoms with van der Waals surface area (Å²) in [6.07, 6.45) is 9.31. The van der Waals surface area contributed by atoms with E-state index in [9.17, 15) is 0 Å². The van der Waals surface area contributed by atoms with Crippen LogP contribution in [0.3, 0.4) is 0 Å². The molecule has 0 aliphatic carbocycles. The summed E-state index contributed by atoms with van der Waals surface area (Å²) in [5.74, 6) is 0.969. The van der Waals surface area contributed by atoms with Gasteiger partial charge < -0.3 is 24.3 Å². The lowest BCUT2D eigenvalue weighted by atomic mass is 9.67. The predicted octanol–water partition coefficient (Wildman–Crippen LogP) is 6.15. The van der Waals surface area contributed by atoms with Crippen molar-refractivity contribution in [2.24, 2.45) is 5.92 Å². The Labute approximate surface area is 288 Å². The number of aromatic nitrogens is 6. The highest BCUT2D eigenvalue weighted by Crippen LogP contribution is 2.48. The number of fused-ring (bicyclic) bond motifs is 2. The van der Waals surface area contributed by atoms with Crippen LogP contribution in [0.4, 0.5) is 11.9 Å². The number of hydrogen-bond acceptors (Lipinski definition) is 13. The second kappa shape index (κ2) is 18.1. The maximum atomic E-state index is 6.10. The first kappa shape index (κ1) is 37.8. The quantitative estimate of drug-likeness (QED) is 0.171. The van der Waals surface area contributed by atoms with Gasteiger partial charge in [-0.15, -0.1) is 9.97 Å². The maximum Gasteiger partial charge on any atom is 0.324 e. The number of nitrogens with zero attached hydrogens (tertiary/aromatic N) is 8. The van der Waals surface area contributed by atoms with Crippen molar-refractivity contribution in [2.45, 2.75) is 137 Å². The summed E-state index contributed by atoms with van der Waals surface area (Å²) in [5, 5.41) is 3.66. The monoisotopic (exact) mass is 671 g/mol. The summed E-state index contributed by atoms with van der Waals surface area (Å²) >= 11 is 0. The number of anilines is 2. The van der Waals surface area contributed by atoms with Crippen molar-refractivity contribution in [1.29, 1.82) is 0 Å². The third-order valence-corrected chi connectivity index (χ3v) is 9.50. The average Bonchev–Trinajstić information content (AvgIpc) is 3.03. The smallest absolute Gasteiger partial charge is 0.324 e. The van der Waals surface area contributed by atoms with Gasteiger partial charge >= 0.3 is 24.0 Å². The van der Waals surface area contributed by atoms with Gasteiger partial charge in [-0.2, -0.15) is 19.9 Å². The van der Waals surface area contributed by atoms with Gasteiger partial charge in [0.05, 0.1) is 26.4 Å². The van der Waals surface area contributed by atoms with Gasteiger partial charge in [0, 0.05) is 30.2 Å². The summed E-state index contributed by atoms with van der Waals surface area (Å²) < 4.78 is 24.4. The topological polar surface area (TPSA) is 133 Å². The zero-order valence-electron chi connectivity index (χ0n) is 30.9. The van der Waals surface area contributed by atoms with Crippen LogP contribution in [0.15, 0.2) is 0 Å². The number of ether oxygens (including phenoxy) is 4. The molecule has 2 aliphatic rings. The number of piperidine rings is 1. The van der Waals surface area contributed by atoms with Gasteiger partial charge in [-0.1, -0.05) is 53.4 Å². The summed E-state index contributed by atoms with van der Waals surface area (Å²) in [6.45, 7) is 22.7. The lowest BCUT2D eigenvalue weighted by Crippen LogP contribution is -2.70. The minimum atomic E-state index is -0.149. The number of unbranched alkanes of at least 4 members (excludes halogenated alkanes) is 4. The van der Waals surface area contributed by atoms with E-state index in [-0.39, 0.29) is 47.1 Å². The average molecular weight is 672 g/mol. The fourth-order valence-electron chi connectivity index (χ4n) is 6.94. The van der Waals surface area contributed by atoms with E-state index < -0.39 is 0 Å². The molecule has 0 saturated carbocycles. The molecule has 4 rings (SSSR count). The Morgan fingerprint density at radius 3 is 1.46 bits per heavy atom. The molecule has 3 atom stereocenters. The van der Waals surface area contributed by atoms with Crippen molar-refractivity contribution in [1.82, 2.24) is 40.1 Å². The summed E-state index contributed by atoms with van der Waals surface area (Å²) in [4.78, 5) is 33.6. The highest BCUT2D eigenvalue weighted by molar-refractivity contribution is 5.52. The summed E-state index contributed by atoms with van der Waals surface area (Å²) in [5.41, 5.74) is -0.293. The van der Waals surface area contributed by atoms with Crippen molar-refractivity contribution in [3.63, 3.8) is 0 Å². The third kappa shape index (κ3) is 9.77. The first-order valence-electron chi connectivity index (χ1n) is 18.5. The fourth-order valence-corrected chi connectivity index (χ4v) is 6.94. The molecule has 2 aliphatic heterocycles. The maximum absolute atomic E-state index is 6.10. The minimum Gasteiger partial charge on any atom is -0.463 e. The molecular weight excluding hydrogens is 610 g/mol. The molecule has 2 aromatic rings. The molecule has 1 N–H and O–H groups in total. The van der Waals surface area contributed by atoms with Gasteiger partial charge in [0.15, 0.2) is 0 Å². The van der Waals surface area contributed by atoms with E-state index in [0.29, 0.717) is 38.3 Å². The SMILES string of the molecule is CCCCOc1nc(OCCCC)nc(N(c2nc(OCCCC)nc(OCCCC)n2)C2CC(C)(C)N3CCNCCC2C3(C)C)n1. The summed E-state index contributed by atoms with van der Waals surface area (Å²) in [6, 6.07) is 0.831. The molecule has 13 nitrogen and oxygen atoms in total. The van der Waals surface area contributed by atoms with E-state index in [2.05, 4.69) is 80.5 Å². The molecule has 2 bridgehead atoms. The first-order valence-corrected chi connectivity index (χ1v) is 18.5. The van der Waals surface area contributed by atoms with E-state index in [1.165, 1.54) is 0 Å². The van der Waals surface area contributed by atoms with E-state index in [1.807, 2.05) is 0 Å². The summed E-state index contributed by atoms with van der Waals surface area (Å²) in [7, 11) is 0. The largest absolute Gasteiger partial charge is 0.463 e. The van der Waals surface area contributed by atoms with Gasteiger partial charge in [-0.25, -0.2) is 0 Å². The Kier molecular flexibility index (Phi) is 14.2. The van der Waals surface area contributed by atoms with E-state index in [0.717, 1.165) is 83.8 Å². The molecule has 270 valence electrons. The van der Waals surface area contributed by atoms with Crippen LogP contribution in [0, 0.1) is 5.92 Å². The van der Waals surface area contributed by atoms with Gasteiger partial charge in [0.1, 0.15) is 0 Å². The van der Waals surface area contributed by atoms with Crippen molar-refractivity contribution >= 4 is 11.9 Å².